The van der Waals surface area contributed by atoms with Gasteiger partial charge in [-0.25, -0.2) is 0 Å². The summed E-state index contributed by atoms with van der Waals surface area (Å²) in [7, 11) is 0. The van der Waals surface area contributed by atoms with Crippen LogP contribution in [0.5, 0.6) is 11.5 Å². The number of rotatable bonds is 6. The van der Waals surface area contributed by atoms with Crippen LogP contribution < -0.4 is 9.47 Å². The minimum atomic E-state index is 0.221. The zero-order chi connectivity index (χ0) is 16.1. The lowest BCUT2D eigenvalue weighted by Crippen LogP contribution is -2.33. The van der Waals surface area contributed by atoms with Gasteiger partial charge in [-0.1, -0.05) is 31.2 Å². The highest BCUT2D eigenvalue weighted by molar-refractivity contribution is 5.32. The Bertz CT molecular complexity index is 624. The number of likely N-dealkylation sites (tertiary alicyclic amines) is 1. The third-order valence-electron chi connectivity index (χ3n) is 4.46. The quantitative estimate of drug-likeness (QED) is 0.789. The van der Waals surface area contributed by atoms with Crippen molar-refractivity contribution in [2.45, 2.75) is 39.5 Å². The number of aryl methyl sites for hydroxylation is 1. The average Bonchev–Trinajstić information content (AvgIpc) is 3.02. The maximum absolute atomic E-state index is 6.09. The van der Waals surface area contributed by atoms with E-state index in [1.165, 1.54) is 17.5 Å². The maximum Gasteiger partial charge on any atom is 0.152 e. The monoisotopic (exact) mass is 311 g/mol. The van der Waals surface area contributed by atoms with E-state index in [2.05, 4.69) is 30.9 Å². The lowest BCUT2D eigenvalue weighted by Gasteiger charge is -2.23. The second kappa shape index (κ2) is 7.51. The molecule has 1 unspecified atom stereocenters. The van der Waals surface area contributed by atoms with E-state index in [1.54, 1.807) is 0 Å². The van der Waals surface area contributed by atoms with Crippen molar-refractivity contribution in [1.29, 1.82) is 0 Å². The molecule has 1 saturated heterocycles. The van der Waals surface area contributed by atoms with Crippen molar-refractivity contribution in [1.82, 2.24) is 4.90 Å². The maximum atomic E-state index is 6.09. The van der Waals surface area contributed by atoms with Gasteiger partial charge in [-0.3, -0.25) is 4.90 Å². The van der Waals surface area contributed by atoms with Crippen molar-refractivity contribution in [3.05, 3.63) is 59.7 Å². The van der Waals surface area contributed by atoms with E-state index in [0.717, 1.165) is 31.0 Å². The van der Waals surface area contributed by atoms with Crippen molar-refractivity contribution in [3.63, 3.8) is 0 Å². The summed E-state index contributed by atoms with van der Waals surface area (Å²) < 4.78 is 12.0. The third-order valence-corrected chi connectivity index (χ3v) is 4.46. The first kappa shape index (κ1) is 15.9. The fraction of sp³-hybridized carbons (Fsp3) is 0.400. The van der Waals surface area contributed by atoms with Gasteiger partial charge in [-0.05, 0) is 61.7 Å². The van der Waals surface area contributed by atoms with Gasteiger partial charge in [-0.15, -0.1) is 0 Å². The molecule has 0 radical (unpaired) electrons. The summed E-state index contributed by atoms with van der Waals surface area (Å²) in [5.41, 5.74) is 2.48. The first-order valence-electron chi connectivity index (χ1n) is 8.44. The van der Waals surface area contributed by atoms with Crippen LogP contribution in [-0.4, -0.2) is 24.2 Å². The third kappa shape index (κ3) is 4.05. The van der Waals surface area contributed by atoms with Crippen molar-refractivity contribution in [3.8, 4) is 11.5 Å². The van der Waals surface area contributed by atoms with Crippen LogP contribution >= 0.6 is 0 Å². The van der Waals surface area contributed by atoms with Crippen LogP contribution in [-0.2, 0) is 6.61 Å². The Morgan fingerprint density at radius 3 is 2.52 bits per heavy atom. The first-order valence-corrected chi connectivity index (χ1v) is 8.44. The summed E-state index contributed by atoms with van der Waals surface area (Å²) in [5, 5.41) is 0. The zero-order valence-corrected chi connectivity index (χ0v) is 14.0. The topological polar surface area (TPSA) is 21.7 Å². The van der Waals surface area contributed by atoms with Crippen molar-refractivity contribution in [2.24, 2.45) is 0 Å². The molecule has 0 bridgehead atoms. The van der Waals surface area contributed by atoms with Crippen LogP contribution in [0.4, 0.5) is 0 Å². The van der Waals surface area contributed by atoms with Crippen LogP contribution in [0.2, 0.25) is 0 Å². The van der Waals surface area contributed by atoms with E-state index in [9.17, 15) is 0 Å². The second-order valence-electron chi connectivity index (χ2n) is 6.03. The smallest absolute Gasteiger partial charge is 0.152 e. The fourth-order valence-electron chi connectivity index (χ4n) is 3.00. The molecule has 0 aliphatic carbocycles. The highest BCUT2D eigenvalue weighted by Gasteiger charge is 2.24. The van der Waals surface area contributed by atoms with E-state index in [1.807, 2.05) is 36.4 Å². The molecule has 0 spiro atoms. The lowest BCUT2D eigenvalue weighted by molar-refractivity contribution is 0.0649. The van der Waals surface area contributed by atoms with Crippen LogP contribution in [0.15, 0.2) is 48.5 Å². The molecule has 3 nitrogen and oxygen atoms in total. The van der Waals surface area contributed by atoms with E-state index in [0.29, 0.717) is 6.61 Å². The highest BCUT2D eigenvalue weighted by Crippen LogP contribution is 2.24. The number of hydrogen-bond donors (Lipinski definition) is 0. The number of hydrogen-bond acceptors (Lipinski definition) is 3. The van der Waals surface area contributed by atoms with Crippen molar-refractivity contribution < 1.29 is 9.47 Å². The van der Waals surface area contributed by atoms with Gasteiger partial charge in [0.1, 0.15) is 18.1 Å². The molecular formula is C20H25NO2. The standard InChI is InChI=1S/C20H25NO2/c1-3-21-14-6-9-20(21)23-19-12-10-18(11-13-19)22-15-17-8-5-4-7-16(17)2/h4-5,7-8,10-13,20H,3,6,9,14-15H2,1-2H3. The first-order chi connectivity index (χ1) is 11.3. The van der Waals surface area contributed by atoms with Crippen LogP contribution in [0, 0.1) is 6.92 Å². The van der Waals surface area contributed by atoms with E-state index in [-0.39, 0.29) is 6.23 Å². The van der Waals surface area contributed by atoms with E-state index in [4.69, 9.17) is 9.47 Å². The zero-order valence-electron chi connectivity index (χ0n) is 14.0. The number of benzene rings is 2. The number of ether oxygens (including phenoxy) is 2. The molecule has 122 valence electrons. The van der Waals surface area contributed by atoms with Gasteiger partial charge in [0.15, 0.2) is 6.23 Å². The molecule has 0 saturated carbocycles. The molecule has 2 aromatic carbocycles. The van der Waals surface area contributed by atoms with Gasteiger partial charge in [-0.2, -0.15) is 0 Å². The molecule has 3 heteroatoms. The highest BCUT2D eigenvalue weighted by atomic mass is 16.5. The molecule has 1 fully saturated rings. The summed E-state index contributed by atoms with van der Waals surface area (Å²) in [6.45, 7) is 7.07. The summed E-state index contributed by atoms with van der Waals surface area (Å²) >= 11 is 0. The molecule has 1 heterocycles. The summed E-state index contributed by atoms with van der Waals surface area (Å²) in [5.74, 6) is 1.79. The molecule has 1 aliphatic heterocycles. The Morgan fingerprint density at radius 1 is 1.04 bits per heavy atom. The van der Waals surface area contributed by atoms with Crippen LogP contribution in [0.1, 0.15) is 30.9 Å². The van der Waals surface area contributed by atoms with E-state index < -0.39 is 0 Å². The van der Waals surface area contributed by atoms with E-state index >= 15 is 0 Å². The molecule has 0 amide bonds. The molecule has 1 aliphatic rings. The minimum Gasteiger partial charge on any atom is -0.489 e. The second-order valence-corrected chi connectivity index (χ2v) is 6.03. The Kier molecular flexibility index (Phi) is 5.19. The van der Waals surface area contributed by atoms with Gasteiger partial charge in [0.2, 0.25) is 0 Å². The molecule has 3 rings (SSSR count). The minimum absolute atomic E-state index is 0.221. The fourth-order valence-corrected chi connectivity index (χ4v) is 3.00. The molecule has 1 atom stereocenters. The van der Waals surface area contributed by atoms with Crippen LogP contribution in [0.25, 0.3) is 0 Å². The summed E-state index contributed by atoms with van der Waals surface area (Å²) in [4.78, 5) is 2.38. The Balaban J connectivity index is 1.56. The molecule has 2 aromatic rings. The average molecular weight is 311 g/mol. The molecule has 23 heavy (non-hydrogen) atoms. The van der Waals surface area contributed by atoms with Gasteiger partial charge >= 0.3 is 0 Å². The lowest BCUT2D eigenvalue weighted by atomic mass is 10.1. The normalized spacial score (nSPS) is 18.1. The van der Waals surface area contributed by atoms with Gasteiger partial charge < -0.3 is 9.47 Å². The summed E-state index contributed by atoms with van der Waals surface area (Å²) in [6.07, 6.45) is 2.55. The van der Waals surface area contributed by atoms with Crippen molar-refractivity contribution >= 4 is 0 Å². The van der Waals surface area contributed by atoms with Gasteiger partial charge in [0, 0.05) is 6.54 Å². The molecule has 0 aromatic heterocycles. The molecule has 0 N–H and O–H groups in total. The summed E-state index contributed by atoms with van der Waals surface area (Å²) in [6, 6.07) is 16.3. The Labute approximate surface area is 138 Å². The number of nitrogens with zero attached hydrogens (tertiary/aromatic N) is 1. The van der Waals surface area contributed by atoms with Gasteiger partial charge in [0.25, 0.3) is 0 Å². The SMILES string of the molecule is CCN1CCCC1Oc1ccc(OCc2ccccc2C)cc1. The predicted octanol–water partition coefficient (Wildman–Crippen LogP) is 4.39. The van der Waals surface area contributed by atoms with Gasteiger partial charge in [0.05, 0.1) is 0 Å². The Hall–Kier alpha value is -2.00. The predicted molar refractivity (Wildman–Crippen MR) is 92.9 cm³/mol. The molecular weight excluding hydrogens is 286 g/mol. The largest absolute Gasteiger partial charge is 0.489 e. The van der Waals surface area contributed by atoms with Crippen LogP contribution in [0.3, 0.4) is 0 Å². The van der Waals surface area contributed by atoms with Crippen molar-refractivity contribution in [2.75, 3.05) is 13.1 Å². The Morgan fingerprint density at radius 2 is 1.78 bits per heavy atom.